The number of hydrogen-bond acceptors (Lipinski definition) is 4. The van der Waals surface area contributed by atoms with Crippen LogP contribution in [0.3, 0.4) is 0 Å². The van der Waals surface area contributed by atoms with Crippen LogP contribution >= 0.6 is 23.2 Å². The normalized spacial score (nSPS) is 30.9. The van der Waals surface area contributed by atoms with Gasteiger partial charge in [-0.3, -0.25) is 9.59 Å². The van der Waals surface area contributed by atoms with Crippen molar-refractivity contribution in [2.45, 2.75) is 12.8 Å². The van der Waals surface area contributed by atoms with Crippen LogP contribution in [0.2, 0.25) is 10.0 Å². The number of rotatable bonds is 3. The van der Waals surface area contributed by atoms with Gasteiger partial charge >= 0.3 is 0 Å². The summed E-state index contributed by atoms with van der Waals surface area (Å²) in [6, 6.07) is 8.63. The molecule has 0 unspecified atom stereocenters. The van der Waals surface area contributed by atoms with E-state index in [2.05, 4.69) is 17.3 Å². The van der Waals surface area contributed by atoms with E-state index in [0.717, 1.165) is 17.9 Å². The molecule has 5 nitrogen and oxygen atoms in total. The van der Waals surface area contributed by atoms with Crippen LogP contribution in [0.4, 0.5) is 0 Å². The third kappa shape index (κ3) is 2.31. The van der Waals surface area contributed by atoms with Crippen LogP contribution in [-0.2, 0) is 9.59 Å². The molecule has 7 heteroatoms. The van der Waals surface area contributed by atoms with Gasteiger partial charge in [0.1, 0.15) is 11.5 Å². The number of nitrogens with zero attached hydrogens (tertiary/aromatic N) is 2. The fourth-order valence-electron chi connectivity index (χ4n) is 5.55. The van der Waals surface area contributed by atoms with Crippen molar-refractivity contribution in [1.82, 2.24) is 5.01 Å². The smallest absolute Gasteiger partial charge is 0.254 e. The van der Waals surface area contributed by atoms with E-state index < -0.39 is 0 Å². The number of fused-ring (bicyclic) bond motifs is 3. The number of carbonyl (C=O) groups excluding carboxylic acids is 2. The number of hydrazone groups is 1. The molecule has 3 aliphatic carbocycles. The Bertz CT molecular complexity index is 1100. The van der Waals surface area contributed by atoms with Gasteiger partial charge in [-0.25, -0.2) is 0 Å². The average molecular weight is 427 g/mol. The first kappa shape index (κ1) is 17.5. The lowest BCUT2D eigenvalue weighted by atomic mass is 9.85. The number of benzene rings is 1. The molecule has 0 radical (unpaired) electrons. The third-order valence-electron chi connectivity index (χ3n) is 6.95. The van der Waals surface area contributed by atoms with Crippen molar-refractivity contribution in [3.05, 3.63) is 58.3 Å². The lowest BCUT2D eigenvalue weighted by Crippen LogP contribution is -2.30. The molecule has 2 amide bonds. The number of imide groups is 1. The molecule has 146 valence electrons. The molecule has 29 heavy (non-hydrogen) atoms. The summed E-state index contributed by atoms with van der Waals surface area (Å²) in [5.41, 5.74) is 0.889. The maximum atomic E-state index is 12.9. The van der Waals surface area contributed by atoms with Crippen molar-refractivity contribution < 1.29 is 14.0 Å². The maximum Gasteiger partial charge on any atom is 0.254 e. The van der Waals surface area contributed by atoms with Gasteiger partial charge in [-0.15, -0.1) is 0 Å². The van der Waals surface area contributed by atoms with Gasteiger partial charge in [0.2, 0.25) is 0 Å². The summed E-state index contributed by atoms with van der Waals surface area (Å²) in [4.78, 5) is 25.8. The fraction of sp³-hybridized carbons (Fsp3) is 0.318. The average Bonchev–Trinajstić information content (AvgIpc) is 2.98. The monoisotopic (exact) mass is 426 g/mol. The Balaban J connectivity index is 1.24. The van der Waals surface area contributed by atoms with E-state index in [0.29, 0.717) is 27.1 Å². The number of amides is 2. The molecule has 1 aromatic carbocycles. The van der Waals surface area contributed by atoms with Crippen molar-refractivity contribution in [3.63, 3.8) is 0 Å². The Morgan fingerprint density at radius 1 is 1.03 bits per heavy atom. The summed E-state index contributed by atoms with van der Waals surface area (Å²) in [7, 11) is 0. The molecule has 1 saturated heterocycles. The second-order valence-electron chi connectivity index (χ2n) is 8.28. The highest BCUT2D eigenvalue weighted by Crippen LogP contribution is 2.73. The van der Waals surface area contributed by atoms with E-state index >= 15 is 0 Å². The molecule has 2 aromatic rings. The molecule has 2 saturated carbocycles. The van der Waals surface area contributed by atoms with E-state index in [1.54, 1.807) is 30.3 Å². The molecule has 1 aromatic heterocycles. The predicted octanol–water partition coefficient (Wildman–Crippen LogP) is 4.78. The quantitative estimate of drug-likeness (QED) is 0.402. The molecule has 0 N–H and O–H groups in total. The third-order valence-corrected chi connectivity index (χ3v) is 7.50. The van der Waals surface area contributed by atoms with Crippen LogP contribution in [-0.4, -0.2) is 23.0 Å². The Morgan fingerprint density at radius 2 is 1.72 bits per heavy atom. The minimum absolute atomic E-state index is 0.185. The Labute approximate surface area is 177 Å². The van der Waals surface area contributed by atoms with Gasteiger partial charge in [-0.2, -0.15) is 10.1 Å². The number of halogens is 2. The lowest BCUT2D eigenvalue weighted by Gasteiger charge is -2.18. The number of carbonyl (C=O) groups is 2. The van der Waals surface area contributed by atoms with E-state index in [-0.39, 0.29) is 40.9 Å². The van der Waals surface area contributed by atoms with Gasteiger partial charge in [0, 0.05) is 10.6 Å². The summed E-state index contributed by atoms with van der Waals surface area (Å²) in [6.45, 7) is 0. The highest BCUT2D eigenvalue weighted by molar-refractivity contribution is 6.36. The molecule has 3 fully saturated rings. The summed E-state index contributed by atoms with van der Waals surface area (Å²) in [6.07, 6.45) is 7.94. The minimum Gasteiger partial charge on any atom is -0.455 e. The zero-order valence-corrected chi connectivity index (χ0v) is 16.7. The van der Waals surface area contributed by atoms with Crippen LogP contribution < -0.4 is 0 Å². The van der Waals surface area contributed by atoms with Gasteiger partial charge in [-0.1, -0.05) is 35.4 Å². The molecular formula is C22H16Cl2N2O3. The van der Waals surface area contributed by atoms with Crippen molar-refractivity contribution >= 4 is 41.2 Å². The number of allylic oxidation sites excluding steroid dienone is 2. The topological polar surface area (TPSA) is 62.9 Å². The zero-order valence-electron chi connectivity index (χ0n) is 15.2. The van der Waals surface area contributed by atoms with Gasteiger partial charge in [0.25, 0.3) is 11.8 Å². The van der Waals surface area contributed by atoms with Crippen molar-refractivity contribution in [2.24, 2.45) is 34.2 Å². The summed E-state index contributed by atoms with van der Waals surface area (Å²) < 4.78 is 5.77. The summed E-state index contributed by atoms with van der Waals surface area (Å²) in [5, 5.41) is 6.24. The highest BCUT2D eigenvalue weighted by Gasteiger charge is 2.73. The predicted molar refractivity (Wildman–Crippen MR) is 108 cm³/mol. The minimum atomic E-state index is -0.253. The van der Waals surface area contributed by atoms with Gasteiger partial charge < -0.3 is 4.42 Å². The van der Waals surface area contributed by atoms with Crippen LogP contribution in [0, 0.1) is 29.1 Å². The first-order chi connectivity index (χ1) is 14.0. The van der Waals surface area contributed by atoms with Crippen molar-refractivity contribution in [1.29, 1.82) is 0 Å². The lowest BCUT2D eigenvalue weighted by molar-refractivity contribution is -0.141. The van der Waals surface area contributed by atoms with Crippen LogP contribution in [0.5, 0.6) is 0 Å². The second-order valence-corrected chi connectivity index (χ2v) is 9.12. The molecule has 4 aliphatic rings. The van der Waals surface area contributed by atoms with Crippen LogP contribution in [0.1, 0.15) is 18.6 Å². The second kappa shape index (κ2) is 5.83. The number of hydrogen-bond donors (Lipinski definition) is 0. The standard InChI is InChI=1S/C22H16Cl2N2O3/c23-11-1-3-13(16(24)9-11)17-6-2-12(29-17)10-25-26-20(27)18-14-4-5-15(19(18)21(26)28)22(14)7-8-22/h1-6,9-10,14-15,18-19H,7-8H2/b25-10-/t14-,15-,18+,19+/m1/s1. The van der Waals surface area contributed by atoms with E-state index in [1.165, 1.54) is 6.21 Å². The molecule has 1 aliphatic heterocycles. The van der Waals surface area contributed by atoms with E-state index in [9.17, 15) is 9.59 Å². The SMILES string of the molecule is O=C1[C@@H]2[C@@H](C(=O)N1/N=C\c1ccc(-c3ccc(Cl)cc3Cl)o1)[C@H]1C=C[C@H]2C12CC2. The zero-order chi connectivity index (χ0) is 19.9. The summed E-state index contributed by atoms with van der Waals surface area (Å²) >= 11 is 12.2. The Kier molecular flexibility index (Phi) is 3.52. The molecule has 2 heterocycles. The fourth-order valence-corrected chi connectivity index (χ4v) is 6.05. The first-order valence-corrected chi connectivity index (χ1v) is 10.4. The van der Waals surface area contributed by atoms with Crippen molar-refractivity contribution in [3.8, 4) is 11.3 Å². The van der Waals surface area contributed by atoms with Crippen LogP contribution in [0.15, 0.2) is 52.0 Å². The van der Waals surface area contributed by atoms with E-state index in [1.807, 2.05) is 0 Å². The summed E-state index contributed by atoms with van der Waals surface area (Å²) in [5.74, 6) is 0.492. The molecule has 2 bridgehead atoms. The van der Waals surface area contributed by atoms with E-state index in [4.69, 9.17) is 27.6 Å². The van der Waals surface area contributed by atoms with Gasteiger partial charge in [0.15, 0.2) is 0 Å². The highest BCUT2D eigenvalue weighted by atomic mass is 35.5. The van der Waals surface area contributed by atoms with Gasteiger partial charge in [-0.05, 0) is 60.4 Å². The van der Waals surface area contributed by atoms with Crippen molar-refractivity contribution in [2.75, 3.05) is 0 Å². The molecule has 4 atom stereocenters. The molecule has 1 spiro atoms. The largest absolute Gasteiger partial charge is 0.455 e. The maximum absolute atomic E-state index is 12.9. The number of furan rings is 1. The molecule has 6 rings (SSSR count). The Morgan fingerprint density at radius 3 is 2.34 bits per heavy atom. The Hall–Kier alpha value is -2.37. The molecular weight excluding hydrogens is 411 g/mol. The first-order valence-electron chi connectivity index (χ1n) is 9.65. The van der Waals surface area contributed by atoms with Crippen LogP contribution in [0.25, 0.3) is 11.3 Å². The van der Waals surface area contributed by atoms with Gasteiger partial charge in [0.05, 0.1) is 23.1 Å².